The van der Waals surface area contributed by atoms with Crippen molar-refractivity contribution in [3.8, 4) is 17.2 Å². The van der Waals surface area contributed by atoms with Gasteiger partial charge in [0.1, 0.15) is 0 Å². The van der Waals surface area contributed by atoms with Crippen LogP contribution in [-0.4, -0.2) is 107 Å². The van der Waals surface area contributed by atoms with Crippen LogP contribution in [0, 0.1) is 0 Å². The molecule has 296 valence electrons. The predicted octanol–water partition coefficient (Wildman–Crippen LogP) is 7.23. The van der Waals surface area contributed by atoms with Crippen LogP contribution in [0.1, 0.15) is 35.2 Å². The zero-order valence-electron chi connectivity index (χ0n) is 31.9. The van der Waals surface area contributed by atoms with Crippen LogP contribution in [0.2, 0.25) is 10.0 Å². The molecule has 0 radical (unpaired) electrons. The highest BCUT2D eigenvalue weighted by molar-refractivity contribution is 7.91. The number of para-hydroxylation sites is 2. The first-order chi connectivity index (χ1) is 27.1. The van der Waals surface area contributed by atoms with Gasteiger partial charge in [0.15, 0.2) is 21.3 Å². The summed E-state index contributed by atoms with van der Waals surface area (Å²) in [7, 11) is 1.13. The van der Waals surface area contributed by atoms with Gasteiger partial charge >= 0.3 is 0 Å². The van der Waals surface area contributed by atoms with Gasteiger partial charge in [0.25, 0.3) is 5.91 Å². The van der Waals surface area contributed by atoms with E-state index in [1.807, 2.05) is 53.4 Å². The first kappa shape index (κ1) is 39.7. The Morgan fingerprint density at radius 2 is 1.54 bits per heavy atom. The molecule has 2 aliphatic heterocycles. The minimum absolute atomic E-state index is 0.0276. The van der Waals surface area contributed by atoms with Crippen molar-refractivity contribution in [3.05, 3.63) is 106 Å². The maximum atomic E-state index is 14.1. The Morgan fingerprint density at radius 1 is 0.804 bits per heavy atom. The predicted molar refractivity (Wildman–Crippen MR) is 221 cm³/mol. The molecule has 2 saturated heterocycles. The number of anilines is 1. The van der Waals surface area contributed by atoms with E-state index in [1.165, 1.54) is 21.3 Å². The fourth-order valence-corrected chi connectivity index (χ4v) is 9.62. The number of sulfone groups is 1. The van der Waals surface area contributed by atoms with Crippen LogP contribution in [0.3, 0.4) is 0 Å². The van der Waals surface area contributed by atoms with Gasteiger partial charge in [0.2, 0.25) is 11.7 Å². The van der Waals surface area contributed by atoms with Crippen molar-refractivity contribution in [2.45, 2.75) is 36.1 Å². The molecule has 0 bridgehead atoms. The second kappa shape index (κ2) is 16.9. The van der Waals surface area contributed by atoms with Crippen molar-refractivity contribution < 1.29 is 27.4 Å². The molecular weight excluding hydrogens is 773 g/mol. The van der Waals surface area contributed by atoms with Gasteiger partial charge in [-0.1, -0.05) is 59.6 Å². The van der Waals surface area contributed by atoms with E-state index in [0.29, 0.717) is 57.4 Å². The monoisotopic (exact) mass is 819 g/mol. The molecule has 0 aliphatic carbocycles. The Labute approximate surface area is 338 Å². The number of ether oxygens (including phenoxy) is 3. The highest BCUT2D eigenvalue weighted by Crippen LogP contribution is 2.43. The third-order valence-corrected chi connectivity index (χ3v) is 13.6. The highest BCUT2D eigenvalue weighted by atomic mass is 35.5. The Hall–Kier alpha value is -4.49. The second-order valence-electron chi connectivity index (χ2n) is 14.4. The minimum atomic E-state index is -3.48. The lowest BCUT2D eigenvalue weighted by molar-refractivity contribution is 0.0780. The van der Waals surface area contributed by atoms with E-state index in [1.54, 1.807) is 36.4 Å². The molecule has 3 heterocycles. The summed E-state index contributed by atoms with van der Waals surface area (Å²) >= 11 is 13.0. The number of amides is 1. The molecule has 0 spiro atoms. The van der Waals surface area contributed by atoms with Gasteiger partial charge in [-0.25, -0.2) is 13.4 Å². The van der Waals surface area contributed by atoms with E-state index in [9.17, 15) is 13.2 Å². The molecule has 1 atom stereocenters. The molecule has 0 saturated carbocycles. The lowest BCUT2D eigenvalue weighted by Crippen LogP contribution is -2.39. The number of likely N-dealkylation sites (tertiary alicyclic amines) is 1. The standard InChI is InChI=1S/C42H47Cl2N5O6S/c1-53-37-26-30(27-38(54-2)39(37)55-3)40(50)48-21-17-42(29-48,31-14-15-33(43)34(44)28-31)16-20-46-18-9-19-47(23-22-46)41-45-35-12-7-8-13-36(35)49(41)24-25-56(51,52)32-10-5-4-6-11-32/h4-8,10-15,26-28H,9,16-25,29H2,1-3H3. The molecule has 2 fully saturated rings. The summed E-state index contributed by atoms with van der Waals surface area (Å²) in [5, 5.41) is 0.980. The van der Waals surface area contributed by atoms with Crippen LogP contribution < -0.4 is 19.1 Å². The summed E-state index contributed by atoms with van der Waals surface area (Å²) in [4.78, 5) is 26.1. The smallest absolute Gasteiger partial charge is 0.254 e. The second-order valence-corrected chi connectivity index (χ2v) is 17.3. The van der Waals surface area contributed by atoms with Crippen molar-refractivity contribution in [1.29, 1.82) is 0 Å². The molecule has 11 nitrogen and oxygen atoms in total. The van der Waals surface area contributed by atoms with Gasteiger partial charge in [0, 0.05) is 50.2 Å². The third kappa shape index (κ3) is 8.16. The lowest BCUT2D eigenvalue weighted by Gasteiger charge is -2.33. The summed E-state index contributed by atoms with van der Waals surface area (Å²) in [6, 6.07) is 25.7. The number of nitrogens with zero attached hydrogens (tertiary/aromatic N) is 5. The summed E-state index contributed by atoms with van der Waals surface area (Å²) in [5.41, 5.74) is 2.93. The van der Waals surface area contributed by atoms with Crippen molar-refractivity contribution >= 4 is 55.9 Å². The molecule has 2 aliphatic rings. The van der Waals surface area contributed by atoms with Crippen LogP contribution in [0.25, 0.3) is 11.0 Å². The molecule has 56 heavy (non-hydrogen) atoms. The zero-order chi connectivity index (χ0) is 39.5. The number of methoxy groups -OCH3 is 3. The summed E-state index contributed by atoms with van der Waals surface area (Å²) in [6.07, 6.45) is 2.48. The summed E-state index contributed by atoms with van der Waals surface area (Å²) < 4.78 is 45.2. The number of hydrogen-bond donors (Lipinski definition) is 0. The van der Waals surface area contributed by atoms with Crippen molar-refractivity contribution in [1.82, 2.24) is 19.4 Å². The molecule has 5 aromatic rings. The van der Waals surface area contributed by atoms with Crippen molar-refractivity contribution in [2.24, 2.45) is 0 Å². The fraction of sp³-hybridized carbons (Fsp3) is 0.381. The normalized spacial score (nSPS) is 17.9. The van der Waals surface area contributed by atoms with Gasteiger partial charge in [0.05, 0.1) is 53.1 Å². The fourth-order valence-electron chi connectivity index (χ4n) is 8.09. The molecule has 7 rings (SSSR count). The highest BCUT2D eigenvalue weighted by Gasteiger charge is 2.42. The molecule has 14 heteroatoms. The van der Waals surface area contributed by atoms with Gasteiger partial charge in [-0.3, -0.25) is 4.79 Å². The van der Waals surface area contributed by atoms with Gasteiger partial charge in [-0.2, -0.15) is 0 Å². The first-order valence-electron chi connectivity index (χ1n) is 18.8. The van der Waals surface area contributed by atoms with Crippen molar-refractivity contribution in [2.75, 3.05) is 77.8 Å². The van der Waals surface area contributed by atoms with E-state index < -0.39 is 9.84 Å². The lowest BCUT2D eigenvalue weighted by atomic mass is 9.76. The van der Waals surface area contributed by atoms with E-state index in [4.69, 9.17) is 42.4 Å². The van der Waals surface area contributed by atoms with Crippen LogP contribution in [-0.2, 0) is 21.8 Å². The number of hydrogen-bond acceptors (Lipinski definition) is 9. The summed E-state index contributed by atoms with van der Waals surface area (Å²) in [5.74, 6) is 1.93. The Bertz CT molecular complexity index is 2280. The Kier molecular flexibility index (Phi) is 12.0. The van der Waals surface area contributed by atoms with Gasteiger partial charge < -0.3 is 33.5 Å². The maximum Gasteiger partial charge on any atom is 0.254 e. The van der Waals surface area contributed by atoms with Crippen LogP contribution >= 0.6 is 23.2 Å². The average molecular weight is 821 g/mol. The molecule has 1 aromatic heterocycles. The number of carbonyl (C=O) groups excluding carboxylic acids is 1. The maximum absolute atomic E-state index is 14.1. The number of carbonyl (C=O) groups is 1. The molecule has 0 N–H and O–H groups in total. The Morgan fingerprint density at radius 3 is 2.25 bits per heavy atom. The molecule has 1 amide bonds. The van der Waals surface area contributed by atoms with Crippen LogP contribution in [0.5, 0.6) is 17.2 Å². The zero-order valence-corrected chi connectivity index (χ0v) is 34.2. The number of halogens is 2. The number of imidazole rings is 1. The quantitative estimate of drug-likeness (QED) is 0.122. The third-order valence-electron chi connectivity index (χ3n) is 11.2. The SMILES string of the molecule is COc1cc(C(=O)N2CCC(CCN3CCCN(c4nc5ccccc5n4CCS(=O)(=O)c4ccccc4)CC3)(c3ccc(Cl)c(Cl)c3)C2)cc(OC)c1OC. The first-order valence-corrected chi connectivity index (χ1v) is 21.2. The van der Waals surface area contributed by atoms with E-state index >= 15 is 0 Å². The van der Waals surface area contributed by atoms with E-state index in [2.05, 4.69) is 14.4 Å². The number of rotatable bonds is 13. The number of aromatic nitrogens is 2. The average Bonchev–Trinajstić information content (AvgIpc) is 3.74. The van der Waals surface area contributed by atoms with Crippen LogP contribution in [0.4, 0.5) is 5.95 Å². The van der Waals surface area contributed by atoms with Gasteiger partial charge in [-0.15, -0.1) is 0 Å². The molecular formula is C42H47Cl2N5O6S. The van der Waals surface area contributed by atoms with Crippen LogP contribution in [0.15, 0.2) is 89.8 Å². The van der Waals surface area contributed by atoms with E-state index in [-0.39, 0.29) is 17.1 Å². The Balaban J connectivity index is 1.08. The minimum Gasteiger partial charge on any atom is -0.493 e. The van der Waals surface area contributed by atoms with Crippen molar-refractivity contribution in [3.63, 3.8) is 0 Å². The number of aryl methyl sites for hydroxylation is 1. The largest absolute Gasteiger partial charge is 0.493 e. The number of benzene rings is 4. The van der Waals surface area contributed by atoms with Gasteiger partial charge in [-0.05, 0) is 86.4 Å². The molecule has 4 aromatic carbocycles. The summed E-state index contributed by atoms with van der Waals surface area (Å²) in [6.45, 7) is 5.41. The molecule has 1 unspecified atom stereocenters. The number of fused-ring (bicyclic) bond motifs is 1. The van der Waals surface area contributed by atoms with E-state index in [0.717, 1.165) is 74.5 Å². The topological polar surface area (TPSA) is 106 Å².